The van der Waals surface area contributed by atoms with E-state index < -0.39 is 4.92 Å². The van der Waals surface area contributed by atoms with Gasteiger partial charge in [-0.15, -0.1) is 0 Å². The molecule has 2 rings (SSSR count). The molecule has 1 aliphatic rings. The van der Waals surface area contributed by atoms with Crippen molar-refractivity contribution in [3.05, 3.63) is 33.9 Å². The molecule has 1 heterocycles. The zero-order chi connectivity index (χ0) is 14.7. The molecule has 1 aromatic carbocycles. The zero-order valence-corrected chi connectivity index (χ0v) is 12.0. The van der Waals surface area contributed by atoms with Crippen LogP contribution in [-0.4, -0.2) is 21.9 Å². The van der Waals surface area contributed by atoms with Crippen molar-refractivity contribution >= 4 is 11.4 Å². The Morgan fingerprint density at radius 3 is 2.60 bits per heavy atom. The van der Waals surface area contributed by atoms with Crippen molar-refractivity contribution in [2.75, 3.05) is 5.43 Å². The molecule has 2 atom stereocenters. The van der Waals surface area contributed by atoms with Gasteiger partial charge >= 0.3 is 0 Å². The van der Waals surface area contributed by atoms with Gasteiger partial charge < -0.3 is 5.43 Å². The number of likely N-dealkylation sites (tertiary alicyclic amines) is 1. The van der Waals surface area contributed by atoms with Gasteiger partial charge in [0.15, 0.2) is 0 Å². The molecule has 1 aromatic rings. The summed E-state index contributed by atoms with van der Waals surface area (Å²) in [6.07, 6.45) is 3.59. The maximum Gasteiger partial charge on any atom is 0.293 e. The molecule has 0 radical (unpaired) electrons. The van der Waals surface area contributed by atoms with Crippen LogP contribution in [0, 0.1) is 10.1 Å². The first-order valence-corrected chi connectivity index (χ1v) is 7.03. The molecular formula is C14H22N4O2. The van der Waals surface area contributed by atoms with Crippen molar-refractivity contribution in [2.45, 2.75) is 51.7 Å². The largest absolute Gasteiger partial charge is 0.318 e. The third-order valence-electron chi connectivity index (χ3n) is 4.20. The van der Waals surface area contributed by atoms with E-state index >= 15 is 0 Å². The fraction of sp³-hybridized carbons (Fsp3) is 0.571. The fourth-order valence-corrected chi connectivity index (χ4v) is 3.02. The number of anilines is 1. The van der Waals surface area contributed by atoms with Crippen LogP contribution in [0.15, 0.2) is 18.2 Å². The first-order chi connectivity index (χ1) is 9.54. The molecule has 2 unspecified atom stereocenters. The molecule has 1 saturated heterocycles. The minimum atomic E-state index is -0.401. The number of nitro benzene ring substituents is 1. The highest BCUT2D eigenvalue weighted by molar-refractivity contribution is 5.65. The third kappa shape index (κ3) is 2.91. The molecule has 0 aliphatic carbocycles. The van der Waals surface area contributed by atoms with Crippen molar-refractivity contribution in [2.24, 2.45) is 5.84 Å². The van der Waals surface area contributed by atoms with Crippen molar-refractivity contribution in [3.63, 3.8) is 0 Å². The van der Waals surface area contributed by atoms with Crippen LogP contribution < -0.4 is 11.3 Å². The first kappa shape index (κ1) is 14.7. The summed E-state index contributed by atoms with van der Waals surface area (Å²) >= 11 is 0. The second-order valence-corrected chi connectivity index (χ2v) is 5.51. The van der Waals surface area contributed by atoms with E-state index in [9.17, 15) is 10.1 Å². The van der Waals surface area contributed by atoms with Gasteiger partial charge in [0.25, 0.3) is 5.69 Å². The highest BCUT2D eigenvalue weighted by Gasteiger charge is 2.26. The lowest BCUT2D eigenvalue weighted by atomic mass is 9.96. The highest BCUT2D eigenvalue weighted by atomic mass is 16.6. The van der Waals surface area contributed by atoms with Gasteiger partial charge in [-0.1, -0.05) is 18.6 Å². The second-order valence-electron chi connectivity index (χ2n) is 5.51. The summed E-state index contributed by atoms with van der Waals surface area (Å²) < 4.78 is 0. The van der Waals surface area contributed by atoms with Crippen LogP contribution >= 0.6 is 0 Å². The molecular weight excluding hydrogens is 256 g/mol. The number of hydrazine groups is 1. The lowest BCUT2D eigenvalue weighted by Crippen LogP contribution is -2.43. The van der Waals surface area contributed by atoms with E-state index in [-0.39, 0.29) is 5.69 Å². The van der Waals surface area contributed by atoms with Gasteiger partial charge in [-0.2, -0.15) is 0 Å². The van der Waals surface area contributed by atoms with Crippen molar-refractivity contribution in [3.8, 4) is 0 Å². The van der Waals surface area contributed by atoms with Crippen LogP contribution in [0.5, 0.6) is 0 Å². The third-order valence-corrected chi connectivity index (χ3v) is 4.20. The molecule has 0 spiro atoms. The second kappa shape index (κ2) is 6.19. The van der Waals surface area contributed by atoms with Crippen LogP contribution in [0.1, 0.15) is 38.7 Å². The van der Waals surface area contributed by atoms with E-state index in [2.05, 4.69) is 24.2 Å². The number of para-hydroxylation sites is 1. The average molecular weight is 278 g/mol. The van der Waals surface area contributed by atoms with Gasteiger partial charge in [-0.3, -0.25) is 20.9 Å². The van der Waals surface area contributed by atoms with E-state index in [0.717, 1.165) is 5.56 Å². The van der Waals surface area contributed by atoms with Gasteiger partial charge in [0.05, 0.1) is 4.92 Å². The zero-order valence-electron chi connectivity index (χ0n) is 12.0. The van der Waals surface area contributed by atoms with Gasteiger partial charge in [-0.05, 0) is 32.3 Å². The van der Waals surface area contributed by atoms with Crippen LogP contribution in [0.3, 0.4) is 0 Å². The predicted octanol–water partition coefficient (Wildman–Crippen LogP) is 2.64. The van der Waals surface area contributed by atoms with E-state index in [0.29, 0.717) is 24.3 Å². The number of nitrogens with one attached hydrogen (secondary N) is 1. The Kier molecular flexibility index (Phi) is 4.57. The minimum Gasteiger partial charge on any atom is -0.318 e. The van der Waals surface area contributed by atoms with Crippen molar-refractivity contribution in [1.82, 2.24) is 4.90 Å². The highest BCUT2D eigenvalue weighted by Crippen LogP contribution is 2.31. The Labute approximate surface area is 119 Å². The normalized spacial score (nSPS) is 23.6. The Morgan fingerprint density at radius 2 is 2.05 bits per heavy atom. The quantitative estimate of drug-likeness (QED) is 0.502. The number of nitrogens with zero attached hydrogens (tertiary/aromatic N) is 2. The van der Waals surface area contributed by atoms with Crippen molar-refractivity contribution in [1.29, 1.82) is 0 Å². The molecule has 110 valence electrons. The fourth-order valence-electron chi connectivity index (χ4n) is 3.02. The topological polar surface area (TPSA) is 84.4 Å². The minimum absolute atomic E-state index is 0.0299. The number of hydrogen-bond donors (Lipinski definition) is 2. The summed E-state index contributed by atoms with van der Waals surface area (Å²) in [5.41, 5.74) is 3.82. The van der Waals surface area contributed by atoms with Gasteiger partial charge in [0.2, 0.25) is 0 Å². The summed E-state index contributed by atoms with van der Waals surface area (Å²) in [5.74, 6) is 5.49. The Hall–Kier alpha value is -1.66. The number of nitro groups is 1. The molecule has 6 heteroatoms. The van der Waals surface area contributed by atoms with E-state index in [4.69, 9.17) is 5.84 Å². The smallest absolute Gasteiger partial charge is 0.293 e. The monoisotopic (exact) mass is 278 g/mol. The maximum atomic E-state index is 11.1. The van der Waals surface area contributed by atoms with Crippen LogP contribution in [0.2, 0.25) is 0 Å². The summed E-state index contributed by atoms with van der Waals surface area (Å²) in [7, 11) is 0. The SMILES string of the molecule is CC1CCCC(C)N1Cc1cccc([N+](=O)[O-])c1NN. The van der Waals surface area contributed by atoms with E-state index in [1.165, 1.54) is 25.3 Å². The molecule has 0 aromatic heterocycles. The molecule has 3 N–H and O–H groups in total. The van der Waals surface area contributed by atoms with Gasteiger partial charge in [-0.25, -0.2) is 0 Å². The predicted molar refractivity (Wildman–Crippen MR) is 79.2 cm³/mol. The van der Waals surface area contributed by atoms with E-state index in [1.54, 1.807) is 6.07 Å². The summed E-state index contributed by atoms with van der Waals surface area (Å²) in [6.45, 7) is 5.11. The van der Waals surface area contributed by atoms with Crippen LogP contribution in [-0.2, 0) is 6.54 Å². The summed E-state index contributed by atoms with van der Waals surface area (Å²) in [4.78, 5) is 13.0. The molecule has 0 amide bonds. The number of nitrogen functional groups attached to an aromatic ring is 1. The maximum absolute atomic E-state index is 11.1. The molecule has 6 nitrogen and oxygen atoms in total. The average Bonchev–Trinajstić information content (AvgIpc) is 2.42. The number of piperidine rings is 1. The Balaban J connectivity index is 2.28. The molecule has 1 fully saturated rings. The van der Waals surface area contributed by atoms with Crippen LogP contribution in [0.25, 0.3) is 0 Å². The molecule has 0 saturated carbocycles. The van der Waals surface area contributed by atoms with E-state index in [1.807, 2.05) is 6.07 Å². The summed E-state index contributed by atoms with van der Waals surface area (Å²) in [6, 6.07) is 6.07. The van der Waals surface area contributed by atoms with Crippen LogP contribution in [0.4, 0.5) is 11.4 Å². The number of nitrogens with two attached hydrogens (primary N) is 1. The molecule has 1 aliphatic heterocycles. The van der Waals surface area contributed by atoms with Crippen molar-refractivity contribution < 1.29 is 4.92 Å². The Bertz CT molecular complexity index is 482. The number of hydrogen-bond acceptors (Lipinski definition) is 5. The summed E-state index contributed by atoms with van der Waals surface area (Å²) in [5, 5.41) is 11.1. The molecule has 20 heavy (non-hydrogen) atoms. The van der Waals surface area contributed by atoms with Gasteiger partial charge in [0.1, 0.15) is 5.69 Å². The lowest BCUT2D eigenvalue weighted by molar-refractivity contribution is -0.384. The first-order valence-electron chi connectivity index (χ1n) is 7.03. The van der Waals surface area contributed by atoms with Gasteiger partial charge in [0, 0.05) is 24.7 Å². The molecule has 0 bridgehead atoms. The number of rotatable bonds is 4. The lowest BCUT2D eigenvalue weighted by Gasteiger charge is -2.39. The Morgan fingerprint density at radius 1 is 1.40 bits per heavy atom. The number of benzene rings is 1. The standard InChI is InChI=1S/C14H22N4O2/c1-10-5-3-6-11(2)17(10)9-12-7-4-8-13(18(19)20)14(12)16-15/h4,7-8,10-11,16H,3,5-6,9,15H2,1-2H3.